The van der Waals surface area contributed by atoms with Gasteiger partial charge in [-0.05, 0) is 62.1 Å². The Balaban J connectivity index is 1.62. The summed E-state index contributed by atoms with van der Waals surface area (Å²) in [4.78, 5) is 12.9. The van der Waals surface area contributed by atoms with Crippen molar-refractivity contribution in [3.8, 4) is 11.5 Å². The van der Waals surface area contributed by atoms with Gasteiger partial charge in [0.05, 0.1) is 20.3 Å². The minimum atomic E-state index is -3.68. The van der Waals surface area contributed by atoms with E-state index in [1.165, 1.54) is 11.4 Å². The molecule has 1 N–H and O–H groups in total. The third kappa shape index (κ3) is 5.19. The maximum absolute atomic E-state index is 13.1. The second-order valence-corrected chi connectivity index (χ2v) is 9.74. The van der Waals surface area contributed by atoms with Crippen LogP contribution in [0.25, 0.3) is 0 Å². The third-order valence-corrected chi connectivity index (χ3v) is 7.66. The molecule has 0 spiro atoms. The molecule has 8 heteroatoms. The summed E-state index contributed by atoms with van der Waals surface area (Å²) < 4.78 is 38.2. The number of methoxy groups -OCH3 is 2. The van der Waals surface area contributed by atoms with E-state index in [-0.39, 0.29) is 22.8 Å². The van der Waals surface area contributed by atoms with E-state index in [2.05, 4.69) is 5.32 Å². The first kappa shape index (κ1) is 23.1. The van der Waals surface area contributed by atoms with Crippen LogP contribution in [0.2, 0.25) is 0 Å². The van der Waals surface area contributed by atoms with Crippen molar-refractivity contribution in [2.24, 2.45) is 5.92 Å². The molecule has 0 aromatic heterocycles. The number of carbonyl (C=O) groups is 1. The Labute approximate surface area is 184 Å². The number of amides is 1. The van der Waals surface area contributed by atoms with E-state index in [0.29, 0.717) is 31.7 Å². The highest BCUT2D eigenvalue weighted by molar-refractivity contribution is 7.89. The Morgan fingerprint density at radius 3 is 2.29 bits per heavy atom. The van der Waals surface area contributed by atoms with Crippen molar-refractivity contribution in [3.05, 3.63) is 53.6 Å². The summed E-state index contributed by atoms with van der Waals surface area (Å²) in [5.41, 5.74) is 1.84. The summed E-state index contributed by atoms with van der Waals surface area (Å²) in [7, 11) is -0.609. The van der Waals surface area contributed by atoms with Crippen LogP contribution in [0.3, 0.4) is 0 Å². The molecule has 1 amide bonds. The molecule has 0 saturated carbocycles. The number of ether oxygens (including phenoxy) is 2. The van der Waals surface area contributed by atoms with Gasteiger partial charge in [-0.1, -0.05) is 18.2 Å². The van der Waals surface area contributed by atoms with Crippen LogP contribution in [0.4, 0.5) is 0 Å². The quantitative estimate of drug-likeness (QED) is 0.706. The van der Waals surface area contributed by atoms with Gasteiger partial charge >= 0.3 is 0 Å². The van der Waals surface area contributed by atoms with E-state index >= 15 is 0 Å². The van der Waals surface area contributed by atoms with Crippen molar-refractivity contribution in [2.75, 3.05) is 27.3 Å². The van der Waals surface area contributed by atoms with Gasteiger partial charge < -0.3 is 14.8 Å². The van der Waals surface area contributed by atoms with Gasteiger partial charge in [0.15, 0.2) is 0 Å². The fourth-order valence-electron chi connectivity index (χ4n) is 3.79. The molecule has 7 nitrogen and oxygen atoms in total. The van der Waals surface area contributed by atoms with E-state index in [9.17, 15) is 13.2 Å². The van der Waals surface area contributed by atoms with E-state index in [1.807, 2.05) is 44.2 Å². The monoisotopic (exact) mass is 446 g/mol. The van der Waals surface area contributed by atoms with Gasteiger partial charge in [-0.15, -0.1) is 0 Å². The zero-order valence-corrected chi connectivity index (χ0v) is 19.2. The Bertz CT molecular complexity index is 1010. The number of nitrogens with zero attached hydrogens (tertiary/aromatic N) is 1. The molecule has 0 aliphatic carbocycles. The molecule has 1 saturated heterocycles. The van der Waals surface area contributed by atoms with Crippen LogP contribution < -0.4 is 14.8 Å². The summed E-state index contributed by atoms with van der Waals surface area (Å²) >= 11 is 0. The number of nitrogens with one attached hydrogen (secondary N) is 1. The van der Waals surface area contributed by atoms with E-state index < -0.39 is 10.0 Å². The molecular weight excluding hydrogens is 416 g/mol. The summed E-state index contributed by atoms with van der Waals surface area (Å²) in [5.74, 6) is 0.833. The first-order valence-corrected chi connectivity index (χ1v) is 11.8. The van der Waals surface area contributed by atoms with Gasteiger partial charge in [0.2, 0.25) is 15.9 Å². The van der Waals surface area contributed by atoms with Crippen LogP contribution in [-0.2, 0) is 14.8 Å². The number of benzene rings is 2. The van der Waals surface area contributed by atoms with Crippen LogP contribution in [-0.4, -0.2) is 45.9 Å². The van der Waals surface area contributed by atoms with Gasteiger partial charge in [0.25, 0.3) is 0 Å². The lowest BCUT2D eigenvalue weighted by Crippen LogP contribution is -2.43. The van der Waals surface area contributed by atoms with E-state index in [4.69, 9.17) is 9.47 Å². The Hall–Kier alpha value is -2.58. The highest BCUT2D eigenvalue weighted by Crippen LogP contribution is 2.30. The first-order chi connectivity index (χ1) is 14.8. The largest absolute Gasteiger partial charge is 0.497 e. The van der Waals surface area contributed by atoms with Crippen molar-refractivity contribution >= 4 is 15.9 Å². The molecule has 1 fully saturated rings. The number of piperidine rings is 1. The molecule has 31 heavy (non-hydrogen) atoms. The van der Waals surface area contributed by atoms with Crippen molar-refractivity contribution in [1.29, 1.82) is 0 Å². The number of sulfonamides is 1. The number of carbonyl (C=O) groups excluding carboxylic acids is 1. The van der Waals surface area contributed by atoms with Gasteiger partial charge in [-0.3, -0.25) is 4.79 Å². The lowest BCUT2D eigenvalue weighted by molar-refractivity contribution is -0.126. The minimum absolute atomic E-state index is 0.0477. The van der Waals surface area contributed by atoms with Gasteiger partial charge in [-0.2, -0.15) is 4.31 Å². The lowest BCUT2D eigenvalue weighted by Gasteiger charge is -2.31. The fourth-order valence-corrected chi connectivity index (χ4v) is 5.50. The zero-order valence-electron chi connectivity index (χ0n) is 18.4. The molecular formula is C23H30N2O5S. The lowest BCUT2D eigenvalue weighted by atomic mass is 9.96. The van der Waals surface area contributed by atoms with E-state index in [1.54, 1.807) is 19.2 Å². The Morgan fingerprint density at radius 2 is 1.71 bits per heavy atom. The minimum Gasteiger partial charge on any atom is -0.497 e. The van der Waals surface area contributed by atoms with Gasteiger partial charge in [0.1, 0.15) is 16.4 Å². The molecule has 1 heterocycles. The molecule has 0 bridgehead atoms. The molecule has 3 rings (SSSR count). The number of hydrogen-bond acceptors (Lipinski definition) is 5. The molecule has 2 aromatic rings. The maximum atomic E-state index is 13.1. The van der Waals surface area contributed by atoms with Gasteiger partial charge in [-0.25, -0.2) is 8.42 Å². The predicted octanol–water partition coefficient (Wildman–Crippen LogP) is 3.29. The first-order valence-electron chi connectivity index (χ1n) is 10.4. The number of aryl methyl sites for hydroxylation is 1. The summed E-state index contributed by atoms with van der Waals surface area (Å²) in [5, 5.41) is 3.05. The average Bonchev–Trinajstić information content (AvgIpc) is 2.79. The molecule has 2 aromatic carbocycles. The molecule has 0 radical (unpaired) electrons. The van der Waals surface area contributed by atoms with Crippen molar-refractivity contribution < 1.29 is 22.7 Å². The molecule has 1 aliphatic rings. The number of rotatable bonds is 7. The maximum Gasteiger partial charge on any atom is 0.246 e. The smallest absolute Gasteiger partial charge is 0.246 e. The molecule has 1 aliphatic heterocycles. The summed E-state index contributed by atoms with van der Waals surface area (Å²) in [6.45, 7) is 4.38. The number of hydrogen-bond donors (Lipinski definition) is 1. The third-order valence-electron chi connectivity index (χ3n) is 5.74. The Morgan fingerprint density at radius 1 is 1.06 bits per heavy atom. The van der Waals surface area contributed by atoms with Gasteiger partial charge in [0, 0.05) is 19.0 Å². The van der Waals surface area contributed by atoms with Crippen LogP contribution in [0.1, 0.15) is 36.9 Å². The Kier molecular flexibility index (Phi) is 7.23. The second-order valence-electron chi connectivity index (χ2n) is 7.84. The van der Waals surface area contributed by atoms with Crippen LogP contribution in [0.15, 0.2) is 47.4 Å². The second kappa shape index (κ2) is 9.70. The van der Waals surface area contributed by atoms with Crippen molar-refractivity contribution in [3.63, 3.8) is 0 Å². The summed E-state index contributed by atoms with van der Waals surface area (Å²) in [6.07, 6.45) is 0.961. The van der Waals surface area contributed by atoms with Crippen LogP contribution in [0.5, 0.6) is 11.5 Å². The SMILES string of the molecule is COc1ccc(C(C)NC(=O)C2CCN(S(=O)(=O)c3cc(C)ccc3OC)CC2)cc1. The topological polar surface area (TPSA) is 84.9 Å². The normalized spacial score (nSPS) is 16.5. The molecule has 168 valence electrons. The van der Waals surface area contributed by atoms with Crippen LogP contribution in [0, 0.1) is 12.8 Å². The molecule has 1 atom stereocenters. The van der Waals surface area contributed by atoms with Crippen molar-refractivity contribution in [1.82, 2.24) is 9.62 Å². The zero-order chi connectivity index (χ0) is 22.6. The van der Waals surface area contributed by atoms with Crippen molar-refractivity contribution in [2.45, 2.75) is 37.6 Å². The standard InChI is InChI=1S/C23H30N2O5S/c1-16-5-10-21(30-4)22(15-16)31(27,28)25-13-11-19(12-14-25)23(26)24-17(2)18-6-8-20(29-3)9-7-18/h5-10,15,17,19H,11-14H2,1-4H3,(H,24,26). The highest BCUT2D eigenvalue weighted by atomic mass is 32.2. The molecule has 1 unspecified atom stereocenters. The fraction of sp³-hybridized carbons (Fsp3) is 0.435. The highest BCUT2D eigenvalue weighted by Gasteiger charge is 2.34. The average molecular weight is 447 g/mol. The van der Waals surface area contributed by atoms with E-state index in [0.717, 1.165) is 16.9 Å². The predicted molar refractivity (Wildman–Crippen MR) is 119 cm³/mol. The summed E-state index contributed by atoms with van der Waals surface area (Å²) in [6, 6.07) is 12.5. The van der Waals surface area contributed by atoms with Crippen LogP contribution >= 0.6 is 0 Å².